The minimum atomic E-state index is 0.238. The van der Waals surface area contributed by atoms with Crippen LogP contribution in [0.4, 0.5) is 5.69 Å². The second kappa shape index (κ2) is 7.28. The molecule has 0 aliphatic carbocycles. The summed E-state index contributed by atoms with van der Waals surface area (Å²) in [7, 11) is 6.18. The molecule has 1 N–H and O–H groups in total. The predicted octanol–water partition coefficient (Wildman–Crippen LogP) is 4.01. The molecule has 0 aliphatic rings. The lowest BCUT2D eigenvalue weighted by Gasteiger charge is -2.21. The zero-order chi connectivity index (χ0) is 15.2. The molecule has 0 radical (unpaired) electrons. The minimum absolute atomic E-state index is 0.238. The Kier molecular flexibility index (Phi) is 5.40. The predicted molar refractivity (Wildman–Crippen MR) is 92.1 cm³/mol. The molecule has 0 saturated heterocycles. The molecule has 0 spiro atoms. The van der Waals surface area contributed by atoms with Gasteiger partial charge in [0.25, 0.3) is 0 Å². The summed E-state index contributed by atoms with van der Waals surface area (Å²) in [5.41, 5.74) is 5.29. The summed E-state index contributed by atoms with van der Waals surface area (Å²) in [4.78, 5) is 2.14. The maximum absolute atomic E-state index is 3.45. The van der Waals surface area contributed by atoms with Gasteiger partial charge in [0.2, 0.25) is 0 Å². The van der Waals surface area contributed by atoms with Crippen molar-refractivity contribution in [2.75, 3.05) is 26.0 Å². The number of nitrogens with zero attached hydrogens (tertiary/aromatic N) is 1. The summed E-state index contributed by atoms with van der Waals surface area (Å²) >= 11 is 0. The van der Waals surface area contributed by atoms with Gasteiger partial charge in [-0.1, -0.05) is 49.7 Å². The zero-order valence-electron chi connectivity index (χ0n) is 13.6. The summed E-state index contributed by atoms with van der Waals surface area (Å²) in [6.45, 7) is 2.22. The van der Waals surface area contributed by atoms with Gasteiger partial charge in [-0.2, -0.15) is 0 Å². The normalized spacial score (nSPS) is 12.2. The molecule has 1 unspecified atom stereocenters. The highest BCUT2D eigenvalue weighted by Crippen LogP contribution is 2.25. The smallest absolute Gasteiger partial charge is 0.0575 e. The Hall–Kier alpha value is -1.80. The molecule has 2 aromatic carbocycles. The van der Waals surface area contributed by atoms with E-state index < -0.39 is 0 Å². The van der Waals surface area contributed by atoms with Crippen LogP contribution in [0.25, 0.3) is 0 Å². The Morgan fingerprint density at radius 2 is 1.67 bits per heavy atom. The first-order valence-electron chi connectivity index (χ1n) is 7.69. The fourth-order valence-corrected chi connectivity index (χ4v) is 2.73. The highest BCUT2D eigenvalue weighted by Gasteiger charge is 2.13. The Morgan fingerprint density at radius 1 is 1.00 bits per heavy atom. The highest BCUT2D eigenvalue weighted by molar-refractivity contribution is 5.49. The van der Waals surface area contributed by atoms with Crippen molar-refractivity contribution in [1.82, 2.24) is 5.32 Å². The summed E-state index contributed by atoms with van der Waals surface area (Å²) in [5.74, 6) is 0. The van der Waals surface area contributed by atoms with Crippen LogP contribution in [0.15, 0.2) is 48.5 Å². The summed E-state index contributed by atoms with van der Waals surface area (Å²) in [6.07, 6.45) is 2.33. The fraction of sp³-hybridized carbons (Fsp3) is 0.368. The quantitative estimate of drug-likeness (QED) is 0.861. The van der Waals surface area contributed by atoms with Gasteiger partial charge in [-0.25, -0.2) is 0 Å². The van der Waals surface area contributed by atoms with Crippen molar-refractivity contribution in [2.24, 2.45) is 0 Å². The van der Waals surface area contributed by atoms with Gasteiger partial charge in [0, 0.05) is 19.8 Å². The maximum Gasteiger partial charge on any atom is 0.0575 e. The topological polar surface area (TPSA) is 15.3 Å². The van der Waals surface area contributed by atoms with Crippen LogP contribution in [0.3, 0.4) is 0 Å². The standard InChI is InChI=1S/C19H26N2/c1-5-8-15-9-6-10-16(13-15)19(20-2)17-11-7-12-18(14-17)21(3)4/h6-7,9-14,19-20H,5,8H2,1-4H3. The van der Waals surface area contributed by atoms with Gasteiger partial charge in [-0.05, 0) is 42.3 Å². The first kappa shape index (κ1) is 15.6. The van der Waals surface area contributed by atoms with E-state index in [0.29, 0.717) is 0 Å². The van der Waals surface area contributed by atoms with E-state index in [-0.39, 0.29) is 6.04 Å². The third-order valence-corrected chi connectivity index (χ3v) is 3.83. The van der Waals surface area contributed by atoms with Crippen molar-refractivity contribution in [2.45, 2.75) is 25.8 Å². The Morgan fingerprint density at radius 3 is 2.29 bits per heavy atom. The second-order valence-corrected chi connectivity index (χ2v) is 5.71. The van der Waals surface area contributed by atoms with Crippen molar-refractivity contribution >= 4 is 5.69 Å². The monoisotopic (exact) mass is 282 g/mol. The molecule has 1 atom stereocenters. The van der Waals surface area contributed by atoms with E-state index in [0.717, 1.165) is 6.42 Å². The van der Waals surface area contributed by atoms with Gasteiger partial charge in [0.05, 0.1) is 6.04 Å². The van der Waals surface area contributed by atoms with E-state index >= 15 is 0 Å². The van der Waals surface area contributed by atoms with Crippen molar-refractivity contribution in [1.29, 1.82) is 0 Å². The van der Waals surface area contributed by atoms with Crippen molar-refractivity contribution < 1.29 is 0 Å². The van der Waals surface area contributed by atoms with Gasteiger partial charge in [-0.3, -0.25) is 0 Å². The van der Waals surface area contributed by atoms with Gasteiger partial charge < -0.3 is 10.2 Å². The van der Waals surface area contributed by atoms with Gasteiger partial charge in [0.15, 0.2) is 0 Å². The Balaban J connectivity index is 2.35. The molecule has 0 amide bonds. The second-order valence-electron chi connectivity index (χ2n) is 5.71. The van der Waals surface area contributed by atoms with Crippen LogP contribution in [-0.4, -0.2) is 21.1 Å². The summed E-state index contributed by atoms with van der Waals surface area (Å²) in [5, 5.41) is 3.45. The molecule has 0 aromatic heterocycles. The van der Waals surface area contributed by atoms with E-state index in [1.54, 1.807) is 0 Å². The Bertz CT molecular complexity index is 575. The SMILES string of the molecule is CCCc1cccc(C(NC)c2cccc(N(C)C)c2)c1. The molecule has 2 nitrogen and oxygen atoms in total. The van der Waals surface area contributed by atoms with Gasteiger partial charge in [0.1, 0.15) is 0 Å². The minimum Gasteiger partial charge on any atom is -0.378 e. The van der Waals surface area contributed by atoms with Crippen LogP contribution >= 0.6 is 0 Å². The van der Waals surface area contributed by atoms with Crippen molar-refractivity contribution in [3.63, 3.8) is 0 Å². The lowest BCUT2D eigenvalue weighted by molar-refractivity contribution is 0.690. The molecule has 0 saturated carbocycles. The third kappa shape index (κ3) is 3.85. The molecule has 0 bridgehead atoms. The maximum atomic E-state index is 3.45. The number of rotatable bonds is 6. The van der Waals surface area contributed by atoms with Crippen LogP contribution in [-0.2, 0) is 6.42 Å². The lowest BCUT2D eigenvalue weighted by atomic mass is 9.96. The summed E-state index contributed by atoms with van der Waals surface area (Å²) in [6, 6.07) is 17.9. The molecular formula is C19H26N2. The molecule has 112 valence electrons. The van der Waals surface area contributed by atoms with Crippen molar-refractivity contribution in [3.05, 3.63) is 65.2 Å². The number of benzene rings is 2. The molecule has 0 aliphatic heterocycles. The number of anilines is 1. The van der Waals surface area contributed by atoms with Crippen LogP contribution in [0, 0.1) is 0 Å². The molecule has 0 fully saturated rings. The fourth-order valence-electron chi connectivity index (χ4n) is 2.73. The van der Waals surface area contributed by atoms with Crippen LogP contribution in [0.5, 0.6) is 0 Å². The molecule has 0 heterocycles. The largest absolute Gasteiger partial charge is 0.378 e. The highest BCUT2D eigenvalue weighted by atomic mass is 15.1. The van der Waals surface area contributed by atoms with Crippen LogP contribution < -0.4 is 10.2 Å². The number of aryl methyl sites for hydroxylation is 1. The van der Waals surface area contributed by atoms with E-state index in [9.17, 15) is 0 Å². The first-order valence-corrected chi connectivity index (χ1v) is 7.69. The van der Waals surface area contributed by atoms with Crippen LogP contribution in [0.2, 0.25) is 0 Å². The third-order valence-electron chi connectivity index (χ3n) is 3.83. The number of nitrogens with one attached hydrogen (secondary N) is 1. The van der Waals surface area contributed by atoms with Crippen LogP contribution in [0.1, 0.15) is 36.1 Å². The number of hydrogen-bond donors (Lipinski definition) is 1. The van der Waals surface area contributed by atoms with Gasteiger partial charge in [-0.15, -0.1) is 0 Å². The average Bonchev–Trinajstić information content (AvgIpc) is 2.49. The van der Waals surface area contributed by atoms with Gasteiger partial charge >= 0.3 is 0 Å². The Labute approximate surface area is 128 Å². The zero-order valence-corrected chi connectivity index (χ0v) is 13.6. The lowest BCUT2D eigenvalue weighted by Crippen LogP contribution is -2.18. The average molecular weight is 282 g/mol. The molecule has 2 rings (SSSR count). The first-order chi connectivity index (χ1) is 10.2. The number of hydrogen-bond acceptors (Lipinski definition) is 2. The molecule has 2 heteroatoms. The van der Waals surface area contributed by atoms with E-state index in [2.05, 4.69) is 79.8 Å². The molecule has 21 heavy (non-hydrogen) atoms. The van der Waals surface area contributed by atoms with E-state index in [1.165, 1.54) is 28.8 Å². The summed E-state index contributed by atoms with van der Waals surface area (Å²) < 4.78 is 0. The van der Waals surface area contributed by atoms with Crippen molar-refractivity contribution in [3.8, 4) is 0 Å². The van der Waals surface area contributed by atoms with E-state index in [1.807, 2.05) is 7.05 Å². The molecule has 2 aromatic rings. The molecular weight excluding hydrogens is 256 g/mol. The van der Waals surface area contributed by atoms with E-state index in [4.69, 9.17) is 0 Å².